The van der Waals surface area contributed by atoms with Crippen molar-refractivity contribution in [1.29, 1.82) is 0 Å². The van der Waals surface area contributed by atoms with E-state index in [0.29, 0.717) is 6.42 Å². The van der Waals surface area contributed by atoms with Crippen LogP contribution in [0.3, 0.4) is 0 Å². The summed E-state index contributed by atoms with van der Waals surface area (Å²) in [4.78, 5) is 93.2. The highest BCUT2D eigenvalue weighted by atomic mass is 16.6. The molecule has 0 aromatic rings. The van der Waals surface area contributed by atoms with Gasteiger partial charge in [0, 0.05) is 20.0 Å². The van der Waals surface area contributed by atoms with Gasteiger partial charge < -0.3 is 45.6 Å². The molecule has 278 valence electrons. The predicted octanol–water partition coefficient (Wildman–Crippen LogP) is 0.227. The van der Waals surface area contributed by atoms with Crippen molar-refractivity contribution in [3.8, 4) is 0 Å². The minimum atomic E-state index is -1.77. The first kappa shape index (κ1) is 42.8. The monoisotopic (exact) mass is 696 g/mol. The number of rotatable bonds is 16. The average molecular weight is 697 g/mol. The Labute approximate surface area is 289 Å². The maximum absolute atomic E-state index is 14.1. The zero-order valence-corrected chi connectivity index (χ0v) is 30.3. The van der Waals surface area contributed by atoms with Crippen LogP contribution in [0.5, 0.6) is 0 Å². The van der Waals surface area contributed by atoms with E-state index in [0.717, 1.165) is 0 Å². The van der Waals surface area contributed by atoms with Crippen molar-refractivity contribution in [2.24, 2.45) is 11.8 Å². The number of ether oxygens (including phenoxy) is 2. The van der Waals surface area contributed by atoms with Crippen molar-refractivity contribution in [3.05, 3.63) is 12.7 Å². The lowest BCUT2D eigenvalue weighted by Gasteiger charge is -2.43. The number of esters is 1. The molecule has 3 unspecified atom stereocenters. The SMILES string of the molecule is C=CCOC(=O)CNC(=O)C(O)C(CCC)NC(=O)C1CN(C(=O)OC(C)(C)C)CCN1C(=O)[C@@H](NC(=O)[C@@H](NC(C)=O)C(C)C)C(C)C. The normalized spacial score (nSPS) is 17.3. The number of nitrogens with zero attached hydrogens (tertiary/aromatic N) is 2. The molecule has 0 radical (unpaired) electrons. The number of piperazine rings is 1. The largest absolute Gasteiger partial charge is 0.460 e. The first-order valence-electron chi connectivity index (χ1n) is 16.6. The molecule has 16 nitrogen and oxygen atoms in total. The Hall–Kier alpha value is -4.21. The van der Waals surface area contributed by atoms with Crippen LogP contribution < -0.4 is 21.3 Å². The van der Waals surface area contributed by atoms with Crippen molar-refractivity contribution < 1.29 is 48.1 Å². The van der Waals surface area contributed by atoms with Crippen LogP contribution in [-0.4, -0.2) is 125 Å². The smallest absolute Gasteiger partial charge is 0.410 e. The summed E-state index contributed by atoms with van der Waals surface area (Å²) in [6.07, 6.45) is -0.511. The van der Waals surface area contributed by atoms with Gasteiger partial charge in [0.1, 0.15) is 36.9 Å². The van der Waals surface area contributed by atoms with Crippen molar-refractivity contribution in [3.63, 3.8) is 0 Å². The topological polar surface area (TPSA) is 213 Å². The molecule has 5 N–H and O–H groups in total. The van der Waals surface area contributed by atoms with Crippen molar-refractivity contribution in [2.45, 2.75) is 111 Å². The van der Waals surface area contributed by atoms with Crippen molar-refractivity contribution in [2.75, 3.05) is 32.8 Å². The molecule has 1 rings (SSSR count). The number of nitrogens with one attached hydrogen (secondary N) is 4. The summed E-state index contributed by atoms with van der Waals surface area (Å²) in [5.41, 5.74) is -0.836. The predicted molar refractivity (Wildman–Crippen MR) is 180 cm³/mol. The third kappa shape index (κ3) is 14.0. The zero-order chi connectivity index (χ0) is 37.6. The molecule has 49 heavy (non-hydrogen) atoms. The van der Waals surface area contributed by atoms with Crippen LogP contribution in [-0.2, 0) is 38.2 Å². The molecule has 1 heterocycles. The lowest BCUT2D eigenvalue weighted by atomic mass is 9.97. The molecule has 0 bridgehead atoms. The van der Waals surface area contributed by atoms with E-state index in [1.807, 2.05) is 0 Å². The second kappa shape index (κ2) is 19.7. The number of aliphatic hydroxyl groups excluding tert-OH is 1. The van der Waals surface area contributed by atoms with E-state index >= 15 is 0 Å². The summed E-state index contributed by atoms with van der Waals surface area (Å²) in [5, 5.41) is 21.1. The minimum Gasteiger partial charge on any atom is -0.460 e. The van der Waals surface area contributed by atoms with Gasteiger partial charge in [0.05, 0.1) is 12.6 Å². The maximum Gasteiger partial charge on any atom is 0.410 e. The Morgan fingerprint density at radius 3 is 2.06 bits per heavy atom. The van der Waals surface area contributed by atoms with Gasteiger partial charge in [-0.15, -0.1) is 0 Å². The summed E-state index contributed by atoms with van der Waals surface area (Å²) in [7, 11) is 0. The Bertz CT molecular complexity index is 1200. The molecule has 0 aromatic heterocycles. The Morgan fingerprint density at radius 1 is 0.939 bits per heavy atom. The number of amides is 6. The van der Waals surface area contributed by atoms with E-state index in [-0.39, 0.29) is 38.6 Å². The van der Waals surface area contributed by atoms with E-state index in [2.05, 4.69) is 27.8 Å². The molecule has 0 aromatic carbocycles. The summed E-state index contributed by atoms with van der Waals surface area (Å²) in [6.45, 7) is 17.6. The highest BCUT2D eigenvalue weighted by molar-refractivity contribution is 5.95. The lowest BCUT2D eigenvalue weighted by molar-refractivity contribution is -0.148. The molecular weight excluding hydrogens is 640 g/mol. The van der Waals surface area contributed by atoms with E-state index in [9.17, 15) is 38.7 Å². The van der Waals surface area contributed by atoms with Gasteiger partial charge in [-0.05, 0) is 39.0 Å². The molecule has 6 amide bonds. The van der Waals surface area contributed by atoms with Gasteiger partial charge in [-0.3, -0.25) is 28.8 Å². The minimum absolute atomic E-state index is 0.0229. The van der Waals surface area contributed by atoms with Crippen LogP contribution in [0.4, 0.5) is 4.79 Å². The maximum atomic E-state index is 14.1. The number of hydrogen-bond acceptors (Lipinski definition) is 10. The highest BCUT2D eigenvalue weighted by Crippen LogP contribution is 2.19. The molecule has 5 atom stereocenters. The van der Waals surface area contributed by atoms with Gasteiger partial charge in [0.25, 0.3) is 5.91 Å². The second-order valence-corrected chi connectivity index (χ2v) is 13.7. The fourth-order valence-electron chi connectivity index (χ4n) is 5.00. The van der Waals surface area contributed by atoms with E-state index in [4.69, 9.17) is 9.47 Å². The Balaban J connectivity index is 3.37. The van der Waals surface area contributed by atoms with Crippen LogP contribution >= 0.6 is 0 Å². The second-order valence-electron chi connectivity index (χ2n) is 13.7. The summed E-state index contributed by atoms with van der Waals surface area (Å²) in [5.74, 6) is -4.75. The number of aliphatic hydroxyl groups is 1. The van der Waals surface area contributed by atoms with Crippen molar-refractivity contribution in [1.82, 2.24) is 31.1 Å². The zero-order valence-electron chi connectivity index (χ0n) is 30.3. The number of hydrogen-bond donors (Lipinski definition) is 5. The van der Waals surface area contributed by atoms with Crippen LogP contribution in [0.15, 0.2) is 12.7 Å². The first-order chi connectivity index (χ1) is 22.7. The lowest BCUT2D eigenvalue weighted by Crippen LogP contribution is -2.67. The summed E-state index contributed by atoms with van der Waals surface area (Å²) >= 11 is 0. The third-order valence-corrected chi connectivity index (χ3v) is 7.50. The van der Waals surface area contributed by atoms with Crippen LogP contribution in [0.1, 0.15) is 75.2 Å². The first-order valence-corrected chi connectivity index (χ1v) is 16.6. The molecule has 0 aliphatic carbocycles. The van der Waals surface area contributed by atoms with Gasteiger partial charge in [0.2, 0.25) is 23.6 Å². The Morgan fingerprint density at radius 2 is 1.55 bits per heavy atom. The molecular formula is C33H56N6O10. The summed E-state index contributed by atoms with van der Waals surface area (Å²) in [6, 6.07) is -4.44. The van der Waals surface area contributed by atoms with E-state index in [1.165, 1.54) is 22.8 Å². The van der Waals surface area contributed by atoms with Gasteiger partial charge >= 0.3 is 12.1 Å². The summed E-state index contributed by atoms with van der Waals surface area (Å²) < 4.78 is 10.3. The molecule has 16 heteroatoms. The van der Waals surface area contributed by atoms with Crippen LogP contribution in [0.25, 0.3) is 0 Å². The number of carbonyl (C=O) groups is 7. The van der Waals surface area contributed by atoms with Crippen molar-refractivity contribution >= 4 is 41.6 Å². The van der Waals surface area contributed by atoms with E-state index in [1.54, 1.807) is 55.4 Å². The molecule has 1 aliphatic heterocycles. The van der Waals surface area contributed by atoms with E-state index < -0.39 is 89.9 Å². The highest BCUT2D eigenvalue weighted by Gasteiger charge is 2.43. The van der Waals surface area contributed by atoms with Crippen LogP contribution in [0, 0.1) is 11.8 Å². The number of carbonyl (C=O) groups excluding carboxylic acids is 7. The molecule has 0 spiro atoms. The molecule has 1 fully saturated rings. The fourth-order valence-corrected chi connectivity index (χ4v) is 5.00. The van der Waals surface area contributed by atoms with Gasteiger partial charge in [-0.1, -0.05) is 53.7 Å². The quantitative estimate of drug-likeness (QED) is 0.109. The standard InChI is InChI=1S/C33H56N6O10/c1-11-13-22(27(42)30(45)34-17-24(41)48-16-12-2)36-28(43)23-18-38(32(47)49-33(8,9)10)14-15-39(23)31(46)26(20(5)6)37-29(44)25(19(3)4)35-21(7)40/h12,19-20,22-23,25-27,42H,2,11,13-18H2,1,3-10H3,(H,34,45)(H,35,40)(H,36,43)(H,37,44)/t22?,23?,25-,26-,27?/m0/s1. The average Bonchev–Trinajstić information content (AvgIpc) is 3.01. The van der Waals surface area contributed by atoms with Gasteiger partial charge in [-0.25, -0.2) is 4.79 Å². The fraction of sp³-hybridized carbons (Fsp3) is 0.727. The van der Waals surface area contributed by atoms with Gasteiger partial charge in [-0.2, -0.15) is 0 Å². The molecule has 0 saturated carbocycles. The van der Waals surface area contributed by atoms with Crippen LogP contribution in [0.2, 0.25) is 0 Å². The molecule has 1 saturated heterocycles. The molecule has 1 aliphatic rings. The van der Waals surface area contributed by atoms with Gasteiger partial charge in [0.15, 0.2) is 6.10 Å². The Kier molecular flexibility index (Phi) is 17.2. The third-order valence-electron chi connectivity index (χ3n) is 7.50.